The van der Waals surface area contributed by atoms with Gasteiger partial charge < -0.3 is 15.3 Å². The number of aliphatic hydroxyl groups excluding tert-OH is 1. The maximum atomic E-state index is 12.9. The van der Waals surface area contributed by atoms with Crippen LogP contribution in [0.5, 0.6) is 0 Å². The quantitative estimate of drug-likeness (QED) is 0.841. The van der Waals surface area contributed by atoms with Crippen LogP contribution in [-0.4, -0.2) is 42.2 Å². The van der Waals surface area contributed by atoms with E-state index in [0.717, 1.165) is 51.0 Å². The van der Waals surface area contributed by atoms with Gasteiger partial charge in [0, 0.05) is 43.3 Å². The summed E-state index contributed by atoms with van der Waals surface area (Å²) in [5.74, 6) is 0.640. The molecule has 1 aliphatic carbocycles. The van der Waals surface area contributed by atoms with Gasteiger partial charge in [0.05, 0.1) is 10.0 Å². The fourth-order valence-corrected chi connectivity index (χ4v) is 4.97. The molecule has 24 heavy (non-hydrogen) atoms. The van der Waals surface area contributed by atoms with Crippen molar-refractivity contribution >= 4 is 34.8 Å². The second-order valence-electron chi connectivity index (χ2n) is 7.51. The van der Waals surface area contributed by atoms with Crippen LogP contribution in [0.2, 0.25) is 10.0 Å². The van der Waals surface area contributed by atoms with Crippen LogP contribution in [0.1, 0.15) is 31.2 Å². The normalized spacial score (nSPS) is 31.5. The Labute approximate surface area is 152 Å². The summed E-state index contributed by atoms with van der Waals surface area (Å²) in [6.45, 7) is 2.56. The molecule has 2 fully saturated rings. The molecule has 2 N–H and O–H groups in total. The van der Waals surface area contributed by atoms with E-state index < -0.39 is 0 Å². The lowest BCUT2D eigenvalue weighted by Gasteiger charge is -2.26. The number of amides is 1. The van der Waals surface area contributed by atoms with Crippen LogP contribution >= 0.6 is 23.2 Å². The van der Waals surface area contributed by atoms with Gasteiger partial charge in [-0.05, 0) is 49.3 Å². The number of fused-ring (bicyclic) bond motifs is 2. The first-order valence-corrected chi connectivity index (χ1v) is 9.41. The third-order valence-electron chi connectivity index (χ3n) is 6.06. The first-order valence-electron chi connectivity index (χ1n) is 8.65. The zero-order valence-electron chi connectivity index (χ0n) is 13.5. The Hall–Kier alpha value is -0.970. The molecule has 2 unspecified atom stereocenters. The molecular formula is C18H22Cl2N2O2. The minimum absolute atomic E-state index is 0.0474. The highest BCUT2D eigenvalue weighted by atomic mass is 35.5. The molecule has 4 nitrogen and oxygen atoms in total. The van der Waals surface area contributed by atoms with Crippen molar-refractivity contribution in [1.29, 1.82) is 0 Å². The minimum Gasteiger partial charge on any atom is -0.396 e. The van der Waals surface area contributed by atoms with E-state index in [1.165, 1.54) is 5.56 Å². The Morgan fingerprint density at radius 3 is 2.88 bits per heavy atom. The maximum Gasteiger partial charge on any atom is 0.225 e. The van der Waals surface area contributed by atoms with Crippen LogP contribution in [0.15, 0.2) is 12.1 Å². The van der Waals surface area contributed by atoms with Crippen molar-refractivity contribution in [1.82, 2.24) is 4.90 Å². The molecule has 3 atom stereocenters. The average Bonchev–Trinajstić information content (AvgIpc) is 3.29. The third kappa shape index (κ3) is 2.59. The van der Waals surface area contributed by atoms with E-state index in [-0.39, 0.29) is 23.8 Å². The summed E-state index contributed by atoms with van der Waals surface area (Å²) in [6, 6.07) is 3.85. The molecule has 2 heterocycles. The van der Waals surface area contributed by atoms with Crippen LogP contribution in [0.3, 0.4) is 0 Å². The number of nitrogens with one attached hydrogen (secondary N) is 1. The van der Waals surface area contributed by atoms with Crippen LogP contribution in [0.25, 0.3) is 0 Å². The predicted molar refractivity (Wildman–Crippen MR) is 95.7 cm³/mol. The van der Waals surface area contributed by atoms with Crippen molar-refractivity contribution < 1.29 is 9.90 Å². The van der Waals surface area contributed by atoms with Crippen molar-refractivity contribution in [3.63, 3.8) is 0 Å². The van der Waals surface area contributed by atoms with Gasteiger partial charge in [-0.1, -0.05) is 23.2 Å². The van der Waals surface area contributed by atoms with Crippen LogP contribution < -0.4 is 5.32 Å². The Balaban J connectivity index is 1.52. The van der Waals surface area contributed by atoms with Crippen molar-refractivity contribution in [2.24, 2.45) is 11.8 Å². The van der Waals surface area contributed by atoms with Crippen molar-refractivity contribution in [2.75, 3.05) is 31.6 Å². The van der Waals surface area contributed by atoms with Crippen molar-refractivity contribution in [3.8, 4) is 0 Å². The first kappa shape index (κ1) is 16.5. The highest BCUT2D eigenvalue weighted by Crippen LogP contribution is 2.46. The summed E-state index contributed by atoms with van der Waals surface area (Å²) in [7, 11) is 0. The summed E-state index contributed by atoms with van der Waals surface area (Å²) >= 11 is 12.3. The monoisotopic (exact) mass is 368 g/mol. The molecule has 4 rings (SSSR count). The van der Waals surface area contributed by atoms with Gasteiger partial charge in [0.15, 0.2) is 0 Å². The molecule has 1 aromatic carbocycles. The number of aliphatic hydroxyl groups is 1. The predicted octanol–water partition coefficient (Wildman–Crippen LogP) is 3.30. The second kappa shape index (κ2) is 6.08. The minimum atomic E-state index is -0.0474. The Bertz CT molecular complexity index is 681. The van der Waals surface area contributed by atoms with E-state index in [1.807, 2.05) is 17.0 Å². The Morgan fingerprint density at radius 1 is 1.33 bits per heavy atom. The summed E-state index contributed by atoms with van der Waals surface area (Å²) in [5, 5.41) is 13.9. The number of benzene rings is 1. The lowest BCUT2D eigenvalue weighted by atomic mass is 9.81. The molecule has 3 aliphatic rings. The summed E-state index contributed by atoms with van der Waals surface area (Å²) in [4.78, 5) is 14.9. The number of halogens is 2. The molecule has 6 heteroatoms. The van der Waals surface area contributed by atoms with Gasteiger partial charge in [0.2, 0.25) is 5.91 Å². The Kier molecular flexibility index (Phi) is 4.18. The number of hydrogen-bond acceptors (Lipinski definition) is 3. The molecule has 0 bridgehead atoms. The van der Waals surface area contributed by atoms with E-state index in [9.17, 15) is 9.90 Å². The summed E-state index contributed by atoms with van der Waals surface area (Å²) < 4.78 is 0. The molecule has 2 aliphatic heterocycles. The van der Waals surface area contributed by atoms with Gasteiger partial charge in [-0.25, -0.2) is 0 Å². The molecule has 1 aromatic rings. The summed E-state index contributed by atoms with van der Waals surface area (Å²) in [6.07, 6.45) is 3.65. The van der Waals surface area contributed by atoms with Gasteiger partial charge in [0.1, 0.15) is 0 Å². The van der Waals surface area contributed by atoms with Crippen molar-refractivity contribution in [2.45, 2.75) is 31.1 Å². The Morgan fingerprint density at radius 2 is 2.12 bits per heavy atom. The van der Waals surface area contributed by atoms with E-state index in [1.54, 1.807) is 0 Å². The van der Waals surface area contributed by atoms with Crippen molar-refractivity contribution in [3.05, 3.63) is 27.7 Å². The lowest BCUT2D eigenvalue weighted by Crippen LogP contribution is -2.38. The first-order chi connectivity index (χ1) is 11.5. The van der Waals surface area contributed by atoms with Gasteiger partial charge >= 0.3 is 0 Å². The number of rotatable bonds is 2. The smallest absolute Gasteiger partial charge is 0.225 e. The van der Waals surface area contributed by atoms with E-state index in [0.29, 0.717) is 16.0 Å². The highest BCUT2D eigenvalue weighted by molar-refractivity contribution is 6.42. The largest absolute Gasteiger partial charge is 0.396 e. The number of anilines is 1. The highest BCUT2D eigenvalue weighted by Gasteiger charge is 2.47. The average molecular weight is 369 g/mol. The standard InChI is InChI=1S/C18H22Cl2N2O2/c19-14-6-13-16(7-15(14)20)21-9-18(13)3-4-22(10-18)17(24)12-2-1-11(5-12)8-23/h6-7,11-12,21,23H,1-5,8-10H2/t11?,12?,18-/m0/s1. The molecule has 1 saturated heterocycles. The SMILES string of the molecule is O=C(C1CCC(CO)C1)N1CC[C@]2(CNc3cc(Cl)c(Cl)cc32)C1. The van der Waals surface area contributed by atoms with Crippen LogP contribution in [0.4, 0.5) is 5.69 Å². The molecule has 1 spiro atoms. The van der Waals surface area contributed by atoms with Gasteiger partial charge in [0.25, 0.3) is 0 Å². The van der Waals surface area contributed by atoms with Crippen LogP contribution in [-0.2, 0) is 10.2 Å². The number of likely N-dealkylation sites (tertiary alicyclic amines) is 1. The molecule has 1 amide bonds. The third-order valence-corrected chi connectivity index (χ3v) is 6.79. The summed E-state index contributed by atoms with van der Waals surface area (Å²) in [5.41, 5.74) is 2.18. The number of nitrogens with zero attached hydrogens (tertiary/aromatic N) is 1. The number of hydrogen-bond donors (Lipinski definition) is 2. The zero-order chi connectivity index (χ0) is 16.9. The van der Waals surface area contributed by atoms with E-state index in [2.05, 4.69) is 5.32 Å². The van der Waals surface area contributed by atoms with Crippen LogP contribution in [0, 0.1) is 11.8 Å². The van der Waals surface area contributed by atoms with Gasteiger partial charge in [-0.3, -0.25) is 4.79 Å². The van der Waals surface area contributed by atoms with Gasteiger partial charge in [-0.15, -0.1) is 0 Å². The number of carbonyl (C=O) groups excluding carboxylic acids is 1. The number of carbonyl (C=O) groups is 1. The topological polar surface area (TPSA) is 52.6 Å². The zero-order valence-corrected chi connectivity index (χ0v) is 15.0. The van der Waals surface area contributed by atoms with Gasteiger partial charge in [-0.2, -0.15) is 0 Å². The maximum absolute atomic E-state index is 12.9. The lowest BCUT2D eigenvalue weighted by molar-refractivity contribution is -0.134. The second-order valence-corrected chi connectivity index (χ2v) is 8.33. The fourth-order valence-electron chi connectivity index (χ4n) is 4.64. The molecular weight excluding hydrogens is 347 g/mol. The molecule has 0 aromatic heterocycles. The van der Waals surface area contributed by atoms with E-state index in [4.69, 9.17) is 23.2 Å². The van der Waals surface area contributed by atoms with E-state index >= 15 is 0 Å². The molecule has 1 saturated carbocycles. The molecule has 130 valence electrons. The molecule has 0 radical (unpaired) electrons. The fraction of sp³-hybridized carbons (Fsp3) is 0.611.